The molecule has 0 saturated heterocycles. The van der Waals surface area contributed by atoms with E-state index in [4.69, 9.17) is 16.3 Å². The van der Waals surface area contributed by atoms with Crippen molar-refractivity contribution >= 4 is 29.1 Å². The average molecular weight is 361 g/mol. The molecule has 2 amide bonds. The van der Waals surface area contributed by atoms with Crippen LogP contribution in [-0.4, -0.2) is 24.5 Å². The van der Waals surface area contributed by atoms with Crippen molar-refractivity contribution in [3.63, 3.8) is 0 Å². The van der Waals surface area contributed by atoms with Crippen molar-refractivity contribution in [2.75, 3.05) is 12.4 Å². The van der Waals surface area contributed by atoms with Gasteiger partial charge < -0.3 is 15.4 Å². The molecule has 0 bridgehead atoms. The van der Waals surface area contributed by atoms with Gasteiger partial charge in [0.1, 0.15) is 5.75 Å². The summed E-state index contributed by atoms with van der Waals surface area (Å²) in [6, 6.07) is 11.6. The average Bonchev–Trinajstić information content (AvgIpc) is 2.53. The summed E-state index contributed by atoms with van der Waals surface area (Å²) in [7, 11) is 1.50. The zero-order chi connectivity index (χ0) is 18.6. The summed E-state index contributed by atoms with van der Waals surface area (Å²) < 4.78 is 5.08. The molecular formula is C19H21ClN2O3. The highest BCUT2D eigenvalue weighted by atomic mass is 35.5. The number of hydrogen-bond donors (Lipinski definition) is 2. The van der Waals surface area contributed by atoms with Crippen LogP contribution in [0.3, 0.4) is 0 Å². The number of amides is 2. The smallest absolute Gasteiger partial charge is 0.255 e. The first-order valence-electron chi connectivity index (χ1n) is 7.77. The maximum Gasteiger partial charge on any atom is 0.255 e. The predicted octanol–water partition coefficient (Wildman–Crippen LogP) is 4.13. The summed E-state index contributed by atoms with van der Waals surface area (Å²) in [6.45, 7) is 5.68. The molecule has 0 atom stereocenters. The third-order valence-electron chi connectivity index (χ3n) is 3.32. The van der Waals surface area contributed by atoms with Crippen LogP contribution < -0.4 is 15.4 Å². The van der Waals surface area contributed by atoms with E-state index >= 15 is 0 Å². The zero-order valence-corrected chi connectivity index (χ0v) is 15.4. The number of para-hydroxylation sites is 1. The van der Waals surface area contributed by atoms with Gasteiger partial charge in [-0.25, -0.2) is 0 Å². The molecule has 6 heteroatoms. The maximum absolute atomic E-state index is 12.5. The Hall–Kier alpha value is -2.53. The van der Waals surface area contributed by atoms with Crippen molar-refractivity contribution in [1.29, 1.82) is 0 Å². The molecule has 0 radical (unpaired) electrons. The lowest BCUT2D eigenvalue weighted by molar-refractivity contribution is 0.0920. The molecule has 0 unspecified atom stereocenters. The first kappa shape index (κ1) is 18.8. The van der Waals surface area contributed by atoms with Gasteiger partial charge in [-0.3, -0.25) is 9.59 Å². The second-order valence-electron chi connectivity index (χ2n) is 6.55. The Morgan fingerprint density at radius 3 is 2.32 bits per heavy atom. The number of anilines is 1. The van der Waals surface area contributed by atoms with E-state index in [2.05, 4.69) is 10.6 Å². The predicted molar refractivity (Wildman–Crippen MR) is 99.6 cm³/mol. The monoisotopic (exact) mass is 360 g/mol. The number of benzene rings is 2. The first-order valence-corrected chi connectivity index (χ1v) is 8.15. The summed E-state index contributed by atoms with van der Waals surface area (Å²) in [4.78, 5) is 24.9. The number of methoxy groups -OCH3 is 1. The number of halogens is 1. The van der Waals surface area contributed by atoms with Gasteiger partial charge >= 0.3 is 0 Å². The number of nitrogens with one attached hydrogen (secondary N) is 2. The fourth-order valence-electron chi connectivity index (χ4n) is 2.20. The number of ether oxygens (including phenoxy) is 1. The molecule has 2 aromatic rings. The number of carbonyl (C=O) groups is 2. The molecule has 2 N–H and O–H groups in total. The highest BCUT2D eigenvalue weighted by Crippen LogP contribution is 2.25. The summed E-state index contributed by atoms with van der Waals surface area (Å²) in [5.41, 5.74) is 0.820. The molecule has 0 fully saturated rings. The van der Waals surface area contributed by atoms with Crippen LogP contribution in [0.1, 0.15) is 41.5 Å². The molecule has 0 aliphatic heterocycles. The minimum atomic E-state index is -0.377. The third-order valence-corrected chi connectivity index (χ3v) is 3.62. The van der Waals surface area contributed by atoms with Crippen molar-refractivity contribution in [2.24, 2.45) is 0 Å². The van der Waals surface area contributed by atoms with Crippen LogP contribution in [0.15, 0.2) is 42.5 Å². The minimum Gasteiger partial charge on any atom is -0.495 e. The van der Waals surface area contributed by atoms with E-state index in [0.717, 1.165) is 0 Å². The van der Waals surface area contributed by atoms with Crippen LogP contribution in [0.5, 0.6) is 5.75 Å². The van der Waals surface area contributed by atoms with E-state index in [1.807, 2.05) is 20.8 Å². The molecule has 25 heavy (non-hydrogen) atoms. The molecule has 2 aromatic carbocycles. The summed E-state index contributed by atoms with van der Waals surface area (Å²) in [6.07, 6.45) is 0. The van der Waals surface area contributed by atoms with Gasteiger partial charge in [-0.2, -0.15) is 0 Å². The van der Waals surface area contributed by atoms with E-state index in [9.17, 15) is 9.59 Å². The molecule has 0 saturated carbocycles. The minimum absolute atomic E-state index is 0.254. The highest BCUT2D eigenvalue weighted by Gasteiger charge is 2.19. The maximum atomic E-state index is 12.5. The quantitative estimate of drug-likeness (QED) is 0.861. The molecular weight excluding hydrogens is 340 g/mol. The Labute approximate surface area is 152 Å². The first-order chi connectivity index (χ1) is 11.7. The van der Waals surface area contributed by atoms with Crippen molar-refractivity contribution in [3.05, 3.63) is 58.6 Å². The Morgan fingerprint density at radius 2 is 1.72 bits per heavy atom. The molecule has 5 nitrogen and oxygen atoms in total. The lowest BCUT2D eigenvalue weighted by Crippen LogP contribution is -2.40. The van der Waals surface area contributed by atoms with Gasteiger partial charge in [-0.15, -0.1) is 0 Å². The molecule has 0 spiro atoms. The van der Waals surface area contributed by atoms with Crippen LogP contribution in [0.2, 0.25) is 5.02 Å². The third kappa shape index (κ3) is 4.97. The van der Waals surface area contributed by atoms with Gasteiger partial charge in [-0.05, 0) is 51.1 Å². The van der Waals surface area contributed by atoms with Gasteiger partial charge in [0.2, 0.25) is 0 Å². The van der Waals surface area contributed by atoms with E-state index < -0.39 is 0 Å². The van der Waals surface area contributed by atoms with Crippen molar-refractivity contribution in [3.8, 4) is 5.75 Å². The second kappa shape index (κ2) is 7.57. The highest BCUT2D eigenvalue weighted by molar-refractivity contribution is 6.32. The fourth-order valence-corrected chi connectivity index (χ4v) is 2.46. The van der Waals surface area contributed by atoms with Gasteiger partial charge in [0.25, 0.3) is 11.8 Å². The second-order valence-corrected chi connectivity index (χ2v) is 6.96. The molecule has 0 aliphatic rings. The largest absolute Gasteiger partial charge is 0.495 e. The van der Waals surface area contributed by atoms with Crippen LogP contribution in [-0.2, 0) is 0 Å². The lowest BCUT2D eigenvalue weighted by Gasteiger charge is -2.21. The van der Waals surface area contributed by atoms with Gasteiger partial charge in [0.15, 0.2) is 0 Å². The van der Waals surface area contributed by atoms with E-state index in [0.29, 0.717) is 27.6 Å². The number of hydrogen-bond acceptors (Lipinski definition) is 3. The fraction of sp³-hybridized carbons (Fsp3) is 0.263. The van der Waals surface area contributed by atoms with Crippen LogP contribution >= 0.6 is 11.6 Å². The van der Waals surface area contributed by atoms with Crippen molar-refractivity contribution in [1.82, 2.24) is 5.32 Å². The standard InChI is InChI=1S/C19H21ClN2O3/c1-19(2,3)22-18(24)13-7-5-6-8-15(13)21-17(23)12-9-10-16(25-4)14(20)11-12/h5-11H,1-4H3,(H,21,23)(H,22,24). The van der Waals surface area contributed by atoms with Gasteiger partial charge in [-0.1, -0.05) is 23.7 Å². The van der Waals surface area contributed by atoms with E-state index in [-0.39, 0.29) is 17.4 Å². The van der Waals surface area contributed by atoms with Crippen LogP contribution in [0.4, 0.5) is 5.69 Å². The Kier molecular flexibility index (Phi) is 5.69. The van der Waals surface area contributed by atoms with E-state index in [1.54, 1.807) is 36.4 Å². The van der Waals surface area contributed by atoms with Crippen LogP contribution in [0.25, 0.3) is 0 Å². The van der Waals surface area contributed by atoms with Gasteiger partial charge in [0, 0.05) is 11.1 Å². The lowest BCUT2D eigenvalue weighted by atomic mass is 10.1. The number of rotatable bonds is 4. The van der Waals surface area contributed by atoms with Crippen molar-refractivity contribution < 1.29 is 14.3 Å². The SMILES string of the molecule is COc1ccc(C(=O)Nc2ccccc2C(=O)NC(C)(C)C)cc1Cl. The van der Waals surface area contributed by atoms with E-state index in [1.165, 1.54) is 13.2 Å². The normalized spacial score (nSPS) is 10.9. The Bertz CT molecular complexity index is 797. The summed E-state index contributed by atoms with van der Waals surface area (Å²) in [5, 5.41) is 5.99. The Balaban J connectivity index is 2.24. The molecule has 132 valence electrons. The number of carbonyl (C=O) groups excluding carboxylic acids is 2. The summed E-state index contributed by atoms with van der Waals surface area (Å²) in [5.74, 6) is -0.125. The zero-order valence-electron chi connectivity index (χ0n) is 14.6. The molecule has 0 aromatic heterocycles. The molecule has 0 heterocycles. The van der Waals surface area contributed by atoms with Crippen molar-refractivity contribution in [2.45, 2.75) is 26.3 Å². The van der Waals surface area contributed by atoms with Gasteiger partial charge in [0.05, 0.1) is 23.4 Å². The Morgan fingerprint density at radius 1 is 1.04 bits per heavy atom. The summed E-state index contributed by atoms with van der Waals surface area (Å²) >= 11 is 6.06. The molecule has 0 aliphatic carbocycles. The van der Waals surface area contributed by atoms with Crippen LogP contribution in [0, 0.1) is 0 Å². The topological polar surface area (TPSA) is 67.4 Å². The molecule has 2 rings (SSSR count).